The first-order valence-electron chi connectivity index (χ1n) is 5.91. The van der Waals surface area contributed by atoms with Gasteiger partial charge in [-0.1, -0.05) is 0 Å². The van der Waals surface area contributed by atoms with E-state index in [1.165, 1.54) is 0 Å². The van der Waals surface area contributed by atoms with Crippen molar-refractivity contribution >= 4 is 17.5 Å². The summed E-state index contributed by atoms with van der Waals surface area (Å²) in [7, 11) is 1.82. The number of amides is 2. The number of carbonyl (C=O) groups is 2. The van der Waals surface area contributed by atoms with Gasteiger partial charge >= 0.3 is 0 Å². The van der Waals surface area contributed by atoms with E-state index in [1.54, 1.807) is 6.07 Å². The van der Waals surface area contributed by atoms with E-state index in [2.05, 4.69) is 16.0 Å². The van der Waals surface area contributed by atoms with Crippen molar-refractivity contribution in [1.82, 2.24) is 10.6 Å². The lowest BCUT2D eigenvalue weighted by atomic mass is 10.1. The smallest absolute Gasteiger partial charge is 0.251 e. The van der Waals surface area contributed by atoms with Crippen molar-refractivity contribution in [2.24, 2.45) is 0 Å². The van der Waals surface area contributed by atoms with Crippen LogP contribution >= 0.6 is 0 Å². The van der Waals surface area contributed by atoms with Gasteiger partial charge in [0.1, 0.15) is 0 Å². The van der Waals surface area contributed by atoms with Gasteiger partial charge in [-0.15, -0.1) is 0 Å². The average Bonchev–Trinajstić information content (AvgIpc) is 2.36. The van der Waals surface area contributed by atoms with Crippen molar-refractivity contribution in [1.29, 1.82) is 0 Å². The highest BCUT2D eigenvalue weighted by molar-refractivity contribution is 5.98. The van der Waals surface area contributed by atoms with Crippen LogP contribution < -0.4 is 16.0 Å². The van der Waals surface area contributed by atoms with Gasteiger partial charge < -0.3 is 16.0 Å². The van der Waals surface area contributed by atoms with Gasteiger partial charge in [-0.3, -0.25) is 9.59 Å². The molecule has 0 spiro atoms. The second kappa shape index (κ2) is 6.64. The molecule has 0 aliphatic heterocycles. The molecule has 0 heterocycles. The monoisotopic (exact) mass is 249 g/mol. The predicted octanol–water partition coefficient (Wildman–Crippen LogP) is 0.903. The van der Waals surface area contributed by atoms with Crippen molar-refractivity contribution in [2.45, 2.75) is 13.8 Å². The minimum atomic E-state index is -0.235. The van der Waals surface area contributed by atoms with Crippen LogP contribution in [0.4, 0.5) is 5.69 Å². The second-order valence-corrected chi connectivity index (χ2v) is 3.92. The molecule has 0 atom stereocenters. The molecule has 3 N–H and O–H groups in total. The van der Waals surface area contributed by atoms with Crippen molar-refractivity contribution < 1.29 is 9.59 Å². The molecule has 1 rings (SSSR count). The maximum atomic E-state index is 11.9. The summed E-state index contributed by atoms with van der Waals surface area (Å²) in [5, 5.41) is 8.22. The van der Waals surface area contributed by atoms with E-state index in [0.717, 1.165) is 11.3 Å². The molecule has 5 nitrogen and oxygen atoms in total. The highest BCUT2D eigenvalue weighted by Crippen LogP contribution is 2.14. The molecule has 0 saturated carbocycles. The summed E-state index contributed by atoms with van der Waals surface area (Å²) in [6.45, 7) is 4.26. The van der Waals surface area contributed by atoms with E-state index < -0.39 is 0 Å². The third kappa shape index (κ3) is 3.76. The lowest BCUT2D eigenvalue weighted by Crippen LogP contribution is -2.36. The quantitative estimate of drug-likeness (QED) is 0.726. The Kier molecular flexibility index (Phi) is 5.17. The van der Waals surface area contributed by atoms with Crippen molar-refractivity contribution in [3.8, 4) is 0 Å². The van der Waals surface area contributed by atoms with Crippen LogP contribution in [0.1, 0.15) is 22.8 Å². The van der Waals surface area contributed by atoms with Crippen molar-refractivity contribution in [3.05, 3.63) is 29.3 Å². The largest absolute Gasteiger partial charge is 0.388 e. The number of likely N-dealkylation sites (N-methyl/N-ethyl adjacent to an activating group) is 1. The van der Waals surface area contributed by atoms with Gasteiger partial charge in [0.25, 0.3) is 5.91 Å². The Bertz CT molecular complexity index is 444. The highest BCUT2D eigenvalue weighted by Gasteiger charge is 2.10. The number of aryl methyl sites for hydroxylation is 1. The fourth-order valence-corrected chi connectivity index (χ4v) is 1.59. The Labute approximate surface area is 107 Å². The van der Waals surface area contributed by atoms with E-state index >= 15 is 0 Å². The molecule has 0 radical (unpaired) electrons. The van der Waals surface area contributed by atoms with Gasteiger partial charge in [0, 0.05) is 24.8 Å². The molecule has 0 aliphatic rings. The Balaban J connectivity index is 2.64. The molecular weight excluding hydrogens is 230 g/mol. The predicted molar refractivity (Wildman–Crippen MR) is 71.7 cm³/mol. The fourth-order valence-electron chi connectivity index (χ4n) is 1.59. The maximum Gasteiger partial charge on any atom is 0.251 e. The van der Waals surface area contributed by atoms with Crippen LogP contribution in [-0.2, 0) is 4.79 Å². The molecular formula is C13H19N3O2. The van der Waals surface area contributed by atoms with Crippen LogP contribution in [0.5, 0.6) is 0 Å². The molecule has 98 valence electrons. The molecule has 5 heteroatoms. The molecule has 2 amide bonds. The van der Waals surface area contributed by atoms with E-state index in [4.69, 9.17) is 0 Å². The second-order valence-electron chi connectivity index (χ2n) is 3.92. The number of hydrogen-bond acceptors (Lipinski definition) is 3. The first-order chi connectivity index (χ1) is 8.58. The van der Waals surface area contributed by atoms with Crippen LogP contribution in [-0.4, -0.2) is 32.0 Å². The van der Waals surface area contributed by atoms with E-state index in [0.29, 0.717) is 12.1 Å². The Morgan fingerprint density at radius 2 is 1.94 bits per heavy atom. The molecule has 1 aromatic carbocycles. The summed E-state index contributed by atoms with van der Waals surface area (Å²) >= 11 is 0. The molecule has 0 aliphatic carbocycles. The number of rotatable bonds is 5. The summed E-state index contributed by atoms with van der Waals surface area (Å²) in [5.74, 6) is -0.420. The molecule has 0 aromatic heterocycles. The number of carbonyl (C=O) groups excluding carboxylic acids is 2. The lowest BCUT2D eigenvalue weighted by molar-refractivity contribution is -0.120. The van der Waals surface area contributed by atoms with Crippen molar-refractivity contribution in [2.75, 3.05) is 25.5 Å². The summed E-state index contributed by atoms with van der Waals surface area (Å²) in [4.78, 5) is 23.1. The number of nitrogens with one attached hydrogen (secondary N) is 3. The summed E-state index contributed by atoms with van der Waals surface area (Å²) in [5.41, 5.74) is 2.40. The first-order valence-corrected chi connectivity index (χ1v) is 5.91. The maximum absolute atomic E-state index is 11.9. The Morgan fingerprint density at radius 3 is 2.50 bits per heavy atom. The SMILES string of the molecule is CCNC(=O)CNC(=O)c1ccc(NC)cc1C. The zero-order chi connectivity index (χ0) is 13.5. The minimum Gasteiger partial charge on any atom is -0.388 e. The van der Waals surface area contributed by atoms with Crippen LogP contribution in [0.25, 0.3) is 0 Å². The van der Waals surface area contributed by atoms with Crippen LogP contribution in [0.15, 0.2) is 18.2 Å². The van der Waals surface area contributed by atoms with E-state index in [9.17, 15) is 9.59 Å². The van der Waals surface area contributed by atoms with Gasteiger partial charge in [-0.05, 0) is 37.6 Å². The Morgan fingerprint density at radius 1 is 1.22 bits per heavy atom. The molecule has 0 unspecified atom stereocenters. The van der Waals surface area contributed by atoms with Crippen molar-refractivity contribution in [3.63, 3.8) is 0 Å². The van der Waals surface area contributed by atoms with E-state index in [-0.39, 0.29) is 18.4 Å². The zero-order valence-corrected chi connectivity index (χ0v) is 11.0. The molecule has 0 saturated heterocycles. The zero-order valence-electron chi connectivity index (χ0n) is 11.0. The molecule has 0 fully saturated rings. The summed E-state index contributed by atoms with van der Waals surface area (Å²) in [6, 6.07) is 5.46. The normalized spacial score (nSPS) is 9.72. The van der Waals surface area contributed by atoms with E-state index in [1.807, 2.05) is 33.0 Å². The van der Waals surface area contributed by atoms with Gasteiger partial charge in [-0.25, -0.2) is 0 Å². The van der Waals surface area contributed by atoms with Crippen LogP contribution in [0.3, 0.4) is 0 Å². The van der Waals surface area contributed by atoms with Crippen LogP contribution in [0.2, 0.25) is 0 Å². The van der Waals surface area contributed by atoms with Gasteiger partial charge in [0.2, 0.25) is 5.91 Å². The topological polar surface area (TPSA) is 70.2 Å². The minimum absolute atomic E-state index is 0.000107. The molecule has 1 aromatic rings. The average molecular weight is 249 g/mol. The molecule has 18 heavy (non-hydrogen) atoms. The fraction of sp³-hybridized carbons (Fsp3) is 0.385. The van der Waals surface area contributed by atoms with Crippen LogP contribution in [0, 0.1) is 6.92 Å². The van der Waals surface area contributed by atoms with Gasteiger partial charge in [-0.2, -0.15) is 0 Å². The number of anilines is 1. The Hall–Kier alpha value is -2.04. The third-order valence-electron chi connectivity index (χ3n) is 2.54. The standard InChI is InChI=1S/C13H19N3O2/c1-4-15-12(17)8-16-13(18)11-6-5-10(14-3)7-9(11)2/h5-7,14H,4,8H2,1-3H3,(H,15,17)(H,16,18). The summed E-state index contributed by atoms with van der Waals surface area (Å²) in [6.07, 6.45) is 0. The van der Waals surface area contributed by atoms with Gasteiger partial charge in [0.05, 0.1) is 6.54 Å². The van der Waals surface area contributed by atoms with Gasteiger partial charge in [0.15, 0.2) is 0 Å². The summed E-state index contributed by atoms with van der Waals surface area (Å²) < 4.78 is 0. The third-order valence-corrected chi connectivity index (χ3v) is 2.54. The number of benzene rings is 1. The first kappa shape index (κ1) is 14.0. The highest BCUT2D eigenvalue weighted by atomic mass is 16.2. The number of hydrogen-bond donors (Lipinski definition) is 3. The molecule has 0 bridgehead atoms. The lowest BCUT2D eigenvalue weighted by Gasteiger charge is -2.09.